The van der Waals surface area contributed by atoms with E-state index in [0.717, 1.165) is 30.2 Å². The molecule has 0 aromatic heterocycles. The fourth-order valence-corrected chi connectivity index (χ4v) is 4.10. The SMILES string of the molecule is CCNC(=NCc1ccc(S(C)(=O)=O)c(C)c1)NCc1ccccc1CN(C)C. The summed E-state index contributed by atoms with van der Waals surface area (Å²) < 4.78 is 23.6. The maximum absolute atomic E-state index is 11.8. The first kappa shape index (κ1) is 22.9. The lowest BCUT2D eigenvalue weighted by molar-refractivity contribution is 0.400. The summed E-state index contributed by atoms with van der Waals surface area (Å²) in [6.07, 6.45) is 1.23. The fourth-order valence-electron chi connectivity index (χ4n) is 3.14. The van der Waals surface area contributed by atoms with Gasteiger partial charge in [-0.1, -0.05) is 36.4 Å². The summed E-state index contributed by atoms with van der Waals surface area (Å²) in [4.78, 5) is 7.18. The molecule has 0 radical (unpaired) electrons. The van der Waals surface area contributed by atoms with E-state index in [2.05, 4.69) is 52.8 Å². The smallest absolute Gasteiger partial charge is 0.191 e. The van der Waals surface area contributed by atoms with Crippen LogP contribution in [0.4, 0.5) is 0 Å². The van der Waals surface area contributed by atoms with E-state index in [0.29, 0.717) is 18.0 Å². The largest absolute Gasteiger partial charge is 0.357 e. The Labute approximate surface area is 175 Å². The molecular weight excluding hydrogens is 384 g/mol. The summed E-state index contributed by atoms with van der Waals surface area (Å²) in [6.45, 7) is 6.65. The van der Waals surface area contributed by atoms with Crippen molar-refractivity contribution in [3.05, 3.63) is 64.7 Å². The van der Waals surface area contributed by atoms with Crippen LogP contribution < -0.4 is 10.6 Å². The van der Waals surface area contributed by atoms with E-state index >= 15 is 0 Å². The highest BCUT2D eigenvalue weighted by atomic mass is 32.2. The van der Waals surface area contributed by atoms with Crippen LogP contribution in [-0.2, 0) is 29.5 Å². The van der Waals surface area contributed by atoms with Crippen LogP contribution in [0.15, 0.2) is 52.4 Å². The second-order valence-electron chi connectivity index (χ2n) is 7.43. The van der Waals surface area contributed by atoms with E-state index in [1.807, 2.05) is 32.0 Å². The number of aliphatic imine (C=N–C) groups is 1. The number of hydrogen-bond donors (Lipinski definition) is 2. The molecule has 0 aliphatic rings. The fraction of sp³-hybridized carbons (Fsp3) is 0.409. The Kier molecular flexibility index (Phi) is 8.22. The van der Waals surface area contributed by atoms with Crippen LogP contribution in [-0.4, -0.2) is 46.2 Å². The molecule has 2 rings (SSSR count). The Morgan fingerprint density at radius 2 is 1.76 bits per heavy atom. The molecule has 0 fully saturated rings. The molecule has 158 valence electrons. The number of guanidine groups is 1. The zero-order valence-electron chi connectivity index (χ0n) is 18.0. The average Bonchev–Trinajstić information content (AvgIpc) is 2.63. The molecule has 29 heavy (non-hydrogen) atoms. The maximum atomic E-state index is 11.8. The third-order valence-electron chi connectivity index (χ3n) is 4.45. The lowest BCUT2D eigenvalue weighted by atomic mass is 10.1. The molecule has 0 bridgehead atoms. The molecule has 2 N–H and O–H groups in total. The zero-order valence-corrected chi connectivity index (χ0v) is 18.8. The summed E-state index contributed by atoms with van der Waals surface area (Å²) in [6, 6.07) is 13.7. The quantitative estimate of drug-likeness (QED) is 0.511. The highest BCUT2D eigenvalue weighted by molar-refractivity contribution is 7.90. The van der Waals surface area contributed by atoms with Crippen LogP contribution in [0.25, 0.3) is 0 Å². The predicted octanol–water partition coefficient (Wildman–Crippen LogP) is 2.72. The first-order valence-electron chi connectivity index (χ1n) is 9.74. The van der Waals surface area contributed by atoms with Gasteiger partial charge in [0.15, 0.2) is 15.8 Å². The average molecular weight is 417 g/mol. The number of benzene rings is 2. The molecule has 0 spiro atoms. The van der Waals surface area contributed by atoms with Gasteiger partial charge in [-0.05, 0) is 56.3 Å². The second-order valence-corrected chi connectivity index (χ2v) is 9.41. The van der Waals surface area contributed by atoms with Crippen molar-refractivity contribution in [1.82, 2.24) is 15.5 Å². The second kappa shape index (κ2) is 10.4. The van der Waals surface area contributed by atoms with Gasteiger partial charge >= 0.3 is 0 Å². The van der Waals surface area contributed by atoms with E-state index in [9.17, 15) is 8.42 Å². The van der Waals surface area contributed by atoms with Crippen molar-refractivity contribution in [1.29, 1.82) is 0 Å². The van der Waals surface area contributed by atoms with Crippen molar-refractivity contribution in [2.24, 2.45) is 4.99 Å². The highest BCUT2D eigenvalue weighted by Gasteiger charge is 2.11. The topological polar surface area (TPSA) is 73.8 Å². The number of nitrogens with one attached hydrogen (secondary N) is 2. The van der Waals surface area contributed by atoms with Gasteiger partial charge in [0.2, 0.25) is 0 Å². The Bertz CT molecular complexity index is 953. The summed E-state index contributed by atoms with van der Waals surface area (Å²) >= 11 is 0. The van der Waals surface area contributed by atoms with Gasteiger partial charge in [-0.25, -0.2) is 13.4 Å². The monoisotopic (exact) mass is 416 g/mol. The van der Waals surface area contributed by atoms with E-state index in [-0.39, 0.29) is 0 Å². The molecule has 2 aromatic carbocycles. The zero-order chi connectivity index (χ0) is 21.4. The number of hydrogen-bond acceptors (Lipinski definition) is 4. The van der Waals surface area contributed by atoms with E-state index in [4.69, 9.17) is 0 Å². The van der Waals surface area contributed by atoms with Gasteiger partial charge in [-0.2, -0.15) is 0 Å². The van der Waals surface area contributed by atoms with Gasteiger partial charge in [0.1, 0.15) is 0 Å². The summed E-state index contributed by atoms with van der Waals surface area (Å²) in [7, 11) is 0.918. The Balaban J connectivity index is 2.10. The number of aryl methyl sites for hydroxylation is 1. The van der Waals surface area contributed by atoms with Crippen LogP contribution in [0.1, 0.15) is 29.2 Å². The molecule has 0 atom stereocenters. The third kappa shape index (κ3) is 7.18. The van der Waals surface area contributed by atoms with Gasteiger partial charge < -0.3 is 15.5 Å². The Morgan fingerprint density at radius 1 is 1.07 bits per heavy atom. The van der Waals surface area contributed by atoms with E-state index in [1.54, 1.807) is 6.07 Å². The van der Waals surface area contributed by atoms with Gasteiger partial charge in [0.25, 0.3) is 0 Å². The Hall–Kier alpha value is -2.38. The number of rotatable bonds is 8. The predicted molar refractivity (Wildman–Crippen MR) is 120 cm³/mol. The summed E-state index contributed by atoms with van der Waals surface area (Å²) in [5.41, 5.74) is 4.24. The summed E-state index contributed by atoms with van der Waals surface area (Å²) in [5.74, 6) is 0.733. The Morgan fingerprint density at radius 3 is 2.34 bits per heavy atom. The molecule has 6 nitrogen and oxygen atoms in total. The molecule has 2 aromatic rings. The molecular formula is C22H32N4O2S. The van der Waals surface area contributed by atoms with E-state index in [1.165, 1.54) is 17.4 Å². The normalized spacial score (nSPS) is 12.3. The van der Waals surface area contributed by atoms with Gasteiger partial charge in [0.05, 0.1) is 11.4 Å². The van der Waals surface area contributed by atoms with Crippen molar-refractivity contribution in [3.8, 4) is 0 Å². The highest BCUT2D eigenvalue weighted by Crippen LogP contribution is 2.17. The molecule has 0 aliphatic heterocycles. The van der Waals surface area contributed by atoms with Crippen molar-refractivity contribution in [2.75, 3.05) is 26.9 Å². The maximum Gasteiger partial charge on any atom is 0.191 e. The van der Waals surface area contributed by atoms with Crippen LogP contribution in [0.5, 0.6) is 0 Å². The lowest BCUT2D eigenvalue weighted by Crippen LogP contribution is -2.37. The van der Waals surface area contributed by atoms with Crippen molar-refractivity contribution in [3.63, 3.8) is 0 Å². The minimum atomic E-state index is -3.21. The van der Waals surface area contributed by atoms with E-state index < -0.39 is 9.84 Å². The first-order valence-corrected chi connectivity index (χ1v) is 11.6. The first-order chi connectivity index (χ1) is 13.7. The molecule has 7 heteroatoms. The molecule has 0 saturated carbocycles. The standard InChI is InChI=1S/C22H32N4O2S/c1-6-23-22(25-15-19-9-7-8-10-20(19)16-26(3)4)24-14-18-11-12-21(17(2)13-18)29(5,27)28/h7-13H,6,14-16H2,1-5H3,(H2,23,24,25). The van der Waals surface area contributed by atoms with Crippen molar-refractivity contribution in [2.45, 2.75) is 38.4 Å². The molecule has 0 aliphatic carbocycles. The van der Waals surface area contributed by atoms with Crippen LogP contribution in [0.2, 0.25) is 0 Å². The molecule has 0 saturated heterocycles. The number of nitrogens with zero attached hydrogens (tertiary/aromatic N) is 2. The molecule has 0 heterocycles. The third-order valence-corrected chi connectivity index (χ3v) is 5.71. The number of sulfone groups is 1. The van der Waals surface area contributed by atoms with Crippen LogP contribution >= 0.6 is 0 Å². The molecule has 0 unspecified atom stereocenters. The van der Waals surface area contributed by atoms with Gasteiger partial charge in [-0.3, -0.25) is 0 Å². The van der Waals surface area contributed by atoms with Crippen LogP contribution in [0, 0.1) is 6.92 Å². The minimum Gasteiger partial charge on any atom is -0.357 e. The lowest BCUT2D eigenvalue weighted by Gasteiger charge is -2.16. The van der Waals surface area contributed by atoms with Crippen molar-refractivity contribution < 1.29 is 8.42 Å². The molecule has 0 amide bonds. The summed E-state index contributed by atoms with van der Waals surface area (Å²) in [5, 5.41) is 6.66. The minimum absolute atomic E-state index is 0.368. The van der Waals surface area contributed by atoms with Gasteiger partial charge in [0, 0.05) is 25.9 Å². The van der Waals surface area contributed by atoms with Crippen molar-refractivity contribution >= 4 is 15.8 Å². The van der Waals surface area contributed by atoms with Gasteiger partial charge in [-0.15, -0.1) is 0 Å². The van der Waals surface area contributed by atoms with Crippen LogP contribution in [0.3, 0.4) is 0 Å².